The molecule has 1 unspecified atom stereocenters. The van der Waals surface area contributed by atoms with Gasteiger partial charge >= 0.3 is 0 Å². The topological polar surface area (TPSA) is 95.3 Å². The number of allylic oxidation sites excluding steroid dienone is 2. The van der Waals surface area contributed by atoms with Crippen LogP contribution in [0.1, 0.15) is 18.9 Å². The Bertz CT molecular complexity index is 1030. The first-order chi connectivity index (χ1) is 12.8. The fourth-order valence-corrected chi connectivity index (χ4v) is 4.96. The normalized spacial score (nSPS) is 24.1. The summed E-state index contributed by atoms with van der Waals surface area (Å²) < 4.78 is 23.5. The highest BCUT2D eigenvalue weighted by Gasteiger charge is 2.43. The van der Waals surface area contributed by atoms with Crippen molar-refractivity contribution in [1.29, 1.82) is 5.26 Å². The molecule has 0 spiro atoms. The first kappa shape index (κ1) is 18.8. The number of hydrogen-bond acceptors (Lipinski definition) is 5. The molecule has 0 bridgehead atoms. The molecule has 2 amide bonds. The minimum absolute atomic E-state index is 0.0632. The van der Waals surface area contributed by atoms with Crippen LogP contribution in [-0.2, 0) is 19.4 Å². The number of hydrogen-bond donors (Lipinski definition) is 0. The Morgan fingerprint density at radius 1 is 1.19 bits per heavy atom. The molecule has 0 radical (unpaired) electrons. The maximum Gasteiger partial charge on any atom is 0.271 e. The van der Waals surface area contributed by atoms with Crippen LogP contribution >= 0.6 is 0 Å². The summed E-state index contributed by atoms with van der Waals surface area (Å²) in [7, 11) is -3.28. The van der Waals surface area contributed by atoms with Crippen molar-refractivity contribution >= 4 is 27.7 Å². The molecule has 27 heavy (non-hydrogen) atoms. The van der Waals surface area contributed by atoms with E-state index in [-0.39, 0.29) is 29.1 Å². The SMILES string of the molecule is CC1=C(C#N)C(=O)N(C2CCS(=O)(=O)C2)C(=O)C1=CC=Cc1ccccc1. The zero-order valence-electron chi connectivity index (χ0n) is 14.8. The van der Waals surface area contributed by atoms with Gasteiger partial charge in [-0.05, 0) is 30.6 Å². The average Bonchev–Trinajstić information content (AvgIpc) is 2.98. The third kappa shape index (κ3) is 3.76. The van der Waals surface area contributed by atoms with Gasteiger partial charge in [0.15, 0.2) is 9.84 Å². The third-order valence-electron chi connectivity index (χ3n) is 4.70. The second kappa shape index (κ2) is 7.33. The molecular formula is C20H18N2O4S. The largest absolute Gasteiger partial charge is 0.271 e. The number of benzene rings is 1. The number of nitriles is 1. The summed E-state index contributed by atoms with van der Waals surface area (Å²) in [5.41, 5.74) is 1.35. The minimum Gasteiger partial charge on any atom is -0.270 e. The van der Waals surface area contributed by atoms with Gasteiger partial charge in [-0.2, -0.15) is 5.26 Å². The highest BCUT2D eigenvalue weighted by atomic mass is 32.2. The fraction of sp³-hybridized carbons (Fsp3) is 0.250. The van der Waals surface area contributed by atoms with Crippen molar-refractivity contribution in [1.82, 2.24) is 4.90 Å². The second-order valence-electron chi connectivity index (χ2n) is 6.50. The molecule has 0 aliphatic carbocycles. The number of carbonyl (C=O) groups excluding carboxylic acids is 2. The Labute approximate surface area is 158 Å². The molecule has 0 saturated carbocycles. The van der Waals surface area contributed by atoms with Gasteiger partial charge in [0.25, 0.3) is 11.8 Å². The van der Waals surface area contributed by atoms with Gasteiger partial charge in [-0.3, -0.25) is 14.5 Å². The van der Waals surface area contributed by atoms with Crippen molar-refractivity contribution in [2.24, 2.45) is 0 Å². The van der Waals surface area contributed by atoms with Gasteiger partial charge in [0, 0.05) is 5.57 Å². The zero-order valence-corrected chi connectivity index (χ0v) is 15.6. The summed E-state index contributed by atoms with van der Waals surface area (Å²) in [5, 5.41) is 9.37. The van der Waals surface area contributed by atoms with E-state index >= 15 is 0 Å². The maximum atomic E-state index is 12.9. The summed E-state index contributed by atoms with van der Waals surface area (Å²) in [6, 6.07) is 10.6. The van der Waals surface area contributed by atoms with E-state index in [1.807, 2.05) is 36.4 Å². The van der Waals surface area contributed by atoms with Gasteiger partial charge in [0.1, 0.15) is 11.6 Å². The molecule has 1 aromatic rings. The lowest BCUT2D eigenvalue weighted by atomic mass is 9.93. The van der Waals surface area contributed by atoms with Gasteiger partial charge in [-0.15, -0.1) is 0 Å². The van der Waals surface area contributed by atoms with E-state index in [1.54, 1.807) is 25.2 Å². The molecule has 0 aromatic heterocycles. The van der Waals surface area contributed by atoms with Crippen LogP contribution < -0.4 is 0 Å². The van der Waals surface area contributed by atoms with Crippen molar-refractivity contribution in [3.8, 4) is 6.07 Å². The quantitative estimate of drug-likeness (QED) is 0.589. The van der Waals surface area contributed by atoms with Crippen LogP contribution in [-0.4, -0.2) is 42.7 Å². The van der Waals surface area contributed by atoms with E-state index in [0.29, 0.717) is 5.57 Å². The Balaban J connectivity index is 1.98. The van der Waals surface area contributed by atoms with Gasteiger partial charge in [0.2, 0.25) is 0 Å². The number of nitrogens with zero attached hydrogens (tertiary/aromatic N) is 2. The molecule has 1 fully saturated rings. The van der Waals surface area contributed by atoms with Crippen molar-refractivity contribution in [2.75, 3.05) is 11.5 Å². The lowest BCUT2D eigenvalue weighted by Crippen LogP contribution is -2.49. The highest BCUT2D eigenvalue weighted by Crippen LogP contribution is 2.30. The van der Waals surface area contributed by atoms with Gasteiger partial charge in [-0.25, -0.2) is 8.42 Å². The van der Waals surface area contributed by atoms with Crippen LogP contribution in [0.3, 0.4) is 0 Å². The molecule has 6 nitrogen and oxygen atoms in total. The Kier molecular flexibility index (Phi) is 5.10. The van der Waals surface area contributed by atoms with Crippen LogP contribution in [0.15, 0.2) is 59.2 Å². The van der Waals surface area contributed by atoms with Crippen molar-refractivity contribution < 1.29 is 18.0 Å². The smallest absolute Gasteiger partial charge is 0.270 e. The highest BCUT2D eigenvalue weighted by molar-refractivity contribution is 7.91. The molecule has 0 N–H and O–H groups in total. The molecule has 7 heteroatoms. The zero-order chi connectivity index (χ0) is 19.6. The van der Waals surface area contributed by atoms with Gasteiger partial charge in [0.05, 0.1) is 17.5 Å². The molecule has 2 aliphatic heterocycles. The predicted molar refractivity (Wildman–Crippen MR) is 101 cm³/mol. The van der Waals surface area contributed by atoms with E-state index < -0.39 is 27.7 Å². The standard InChI is InChI=1S/C20H18N2O4S/c1-14-17(9-5-8-15-6-3-2-4-7-15)19(23)22(20(24)18(14)12-21)16-10-11-27(25,26)13-16/h2-9,16H,10-11,13H2,1H3. The van der Waals surface area contributed by atoms with Gasteiger partial charge in [-0.1, -0.05) is 42.5 Å². The van der Waals surface area contributed by atoms with Crippen molar-refractivity contribution in [2.45, 2.75) is 19.4 Å². The van der Waals surface area contributed by atoms with E-state index in [1.165, 1.54) is 0 Å². The van der Waals surface area contributed by atoms with Gasteiger partial charge < -0.3 is 0 Å². The summed E-state index contributed by atoms with van der Waals surface area (Å²) in [6.45, 7) is 1.55. The molecular weight excluding hydrogens is 364 g/mol. The summed E-state index contributed by atoms with van der Waals surface area (Å²) in [4.78, 5) is 26.5. The van der Waals surface area contributed by atoms with Crippen molar-refractivity contribution in [3.05, 3.63) is 64.8 Å². The molecule has 2 heterocycles. The number of imide groups is 1. The molecule has 138 valence electrons. The number of amides is 2. The molecule has 3 rings (SSSR count). The van der Waals surface area contributed by atoms with Crippen LogP contribution in [0.2, 0.25) is 0 Å². The van der Waals surface area contributed by atoms with E-state index in [9.17, 15) is 23.3 Å². The number of rotatable bonds is 3. The summed E-state index contributed by atoms with van der Waals surface area (Å²) >= 11 is 0. The fourth-order valence-electron chi connectivity index (χ4n) is 3.26. The van der Waals surface area contributed by atoms with Crippen LogP contribution in [0.5, 0.6) is 0 Å². The molecule has 1 atom stereocenters. The first-order valence-corrected chi connectivity index (χ1v) is 10.3. The van der Waals surface area contributed by atoms with Crippen LogP contribution in [0, 0.1) is 11.3 Å². The Hall–Kier alpha value is -2.98. The molecule has 1 saturated heterocycles. The lowest BCUT2D eigenvalue weighted by Gasteiger charge is -2.31. The number of carbonyl (C=O) groups is 2. The van der Waals surface area contributed by atoms with Crippen LogP contribution in [0.4, 0.5) is 0 Å². The molecule has 1 aromatic carbocycles. The Morgan fingerprint density at radius 3 is 2.48 bits per heavy atom. The minimum atomic E-state index is -3.28. The molecule has 2 aliphatic rings. The summed E-state index contributed by atoms with van der Waals surface area (Å²) in [5.74, 6) is -1.59. The van der Waals surface area contributed by atoms with Crippen molar-refractivity contribution in [3.63, 3.8) is 0 Å². The third-order valence-corrected chi connectivity index (χ3v) is 6.45. The predicted octanol–water partition coefficient (Wildman–Crippen LogP) is 2.02. The lowest BCUT2D eigenvalue weighted by molar-refractivity contribution is -0.142. The average molecular weight is 382 g/mol. The monoisotopic (exact) mass is 382 g/mol. The Morgan fingerprint density at radius 2 is 1.89 bits per heavy atom. The van der Waals surface area contributed by atoms with E-state index in [2.05, 4.69) is 0 Å². The van der Waals surface area contributed by atoms with Crippen LogP contribution in [0.25, 0.3) is 6.08 Å². The second-order valence-corrected chi connectivity index (χ2v) is 8.73. The van der Waals surface area contributed by atoms with E-state index in [0.717, 1.165) is 10.5 Å². The van der Waals surface area contributed by atoms with E-state index in [4.69, 9.17) is 0 Å². The maximum absolute atomic E-state index is 12.9. The first-order valence-electron chi connectivity index (χ1n) is 8.47. The summed E-state index contributed by atoms with van der Waals surface area (Å²) in [6.07, 6.45) is 5.25. The number of sulfone groups is 1.